The Morgan fingerprint density at radius 3 is 2.29 bits per heavy atom. The molecule has 1 aliphatic rings. The summed E-state index contributed by atoms with van der Waals surface area (Å²) in [5, 5.41) is 2.87. The number of amides is 1. The van der Waals surface area contributed by atoms with E-state index in [0.717, 1.165) is 24.4 Å². The molecule has 0 saturated carbocycles. The molecule has 8 heteroatoms. The summed E-state index contributed by atoms with van der Waals surface area (Å²) in [6.45, 7) is 5.35. The first kappa shape index (κ1) is 23.2. The lowest BCUT2D eigenvalue weighted by atomic mass is 10.2. The first-order valence-electron chi connectivity index (χ1n) is 10.6. The van der Waals surface area contributed by atoms with Crippen molar-refractivity contribution in [1.29, 1.82) is 0 Å². The van der Waals surface area contributed by atoms with Crippen LogP contribution in [0.25, 0.3) is 0 Å². The van der Waals surface area contributed by atoms with Gasteiger partial charge < -0.3 is 15.0 Å². The number of nitrogens with zero attached hydrogens (tertiary/aromatic N) is 2. The molecule has 0 atom stereocenters. The molecule has 0 spiro atoms. The number of nitrogens with one attached hydrogen (secondary N) is 1. The lowest BCUT2D eigenvalue weighted by Crippen LogP contribution is -2.47. The second kappa shape index (κ2) is 10.7. The van der Waals surface area contributed by atoms with E-state index in [2.05, 4.69) is 10.2 Å². The largest absolute Gasteiger partial charge is 0.494 e. The number of ether oxygens (including phenoxy) is 1. The van der Waals surface area contributed by atoms with Crippen molar-refractivity contribution in [3.05, 3.63) is 59.7 Å². The van der Waals surface area contributed by atoms with Crippen molar-refractivity contribution in [3.63, 3.8) is 0 Å². The second-order valence-corrected chi connectivity index (χ2v) is 9.83. The molecule has 0 aromatic heterocycles. The number of hydrogen-bond donors (Lipinski definition) is 1. The van der Waals surface area contributed by atoms with Crippen LogP contribution >= 0.6 is 0 Å². The van der Waals surface area contributed by atoms with Crippen LogP contribution in [0.4, 0.5) is 0 Å². The molecule has 1 saturated heterocycles. The Morgan fingerprint density at radius 2 is 1.65 bits per heavy atom. The summed E-state index contributed by atoms with van der Waals surface area (Å²) in [6, 6.07) is 14.6. The fraction of sp³-hybridized carbons (Fsp3) is 0.435. The van der Waals surface area contributed by atoms with Crippen LogP contribution in [0.1, 0.15) is 24.0 Å². The topological polar surface area (TPSA) is 78.9 Å². The third-order valence-electron chi connectivity index (χ3n) is 5.35. The van der Waals surface area contributed by atoms with E-state index in [1.807, 2.05) is 38.2 Å². The number of hydrogen-bond acceptors (Lipinski definition) is 5. The standard InChI is InChI=1S/C23H31N3O4S/c1-19-5-9-21(10-6-19)30-17-3-4-23(27)24-18-20-7-11-22(12-8-20)31(28,29)26-15-13-25(2)14-16-26/h5-12H,3-4,13-18H2,1-2H3,(H,24,27). The van der Waals surface area contributed by atoms with Crippen LogP contribution in [0.2, 0.25) is 0 Å². The molecular formula is C23H31N3O4S. The minimum atomic E-state index is -3.47. The molecule has 3 rings (SSSR count). The predicted molar refractivity (Wildman–Crippen MR) is 120 cm³/mol. The van der Waals surface area contributed by atoms with E-state index in [1.54, 1.807) is 24.3 Å². The molecule has 31 heavy (non-hydrogen) atoms. The lowest BCUT2D eigenvalue weighted by Gasteiger charge is -2.31. The van der Waals surface area contributed by atoms with Gasteiger partial charge in [-0.05, 0) is 50.2 Å². The molecule has 1 amide bonds. The molecule has 1 fully saturated rings. The zero-order valence-corrected chi connectivity index (χ0v) is 19.0. The van der Waals surface area contributed by atoms with Crippen molar-refractivity contribution in [2.24, 2.45) is 0 Å². The van der Waals surface area contributed by atoms with Gasteiger partial charge in [-0.1, -0.05) is 29.8 Å². The van der Waals surface area contributed by atoms with Crippen molar-refractivity contribution in [1.82, 2.24) is 14.5 Å². The average Bonchev–Trinajstić information content (AvgIpc) is 2.77. The van der Waals surface area contributed by atoms with E-state index in [1.165, 1.54) is 9.87 Å². The van der Waals surface area contributed by atoms with Gasteiger partial charge in [-0.3, -0.25) is 4.79 Å². The van der Waals surface area contributed by atoms with Crippen LogP contribution < -0.4 is 10.1 Å². The Kier molecular flexibility index (Phi) is 8.06. The highest BCUT2D eigenvalue weighted by Gasteiger charge is 2.27. The van der Waals surface area contributed by atoms with Gasteiger partial charge in [0.25, 0.3) is 0 Å². The van der Waals surface area contributed by atoms with Crippen LogP contribution in [0.5, 0.6) is 5.75 Å². The van der Waals surface area contributed by atoms with Gasteiger partial charge >= 0.3 is 0 Å². The Bertz CT molecular complexity index is 951. The van der Waals surface area contributed by atoms with Gasteiger partial charge in [0.05, 0.1) is 11.5 Å². The Balaban J connectivity index is 1.40. The zero-order chi connectivity index (χ0) is 22.3. The summed E-state index contributed by atoms with van der Waals surface area (Å²) in [7, 11) is -1.48. The first-order valence-corrected chi connectivity index (χ1v) is 12.0. The lowest BCUT2D eigenvalue weighted by molar-refractivity contribution is -0.121. The minimum Gasteiger partial charge on any atom is -0.494 e. The first-order chi connectivity index (χ1) is 14.8. The van der Waals surface area contributed by atoms with E-state index in [4.69, 9.17) is 4.74 Å². The van der Waals surface area contributed by atoms with Crippen LogP contribution in [0.15, 0.2) is 53.4 Å². The third kappa shape index (κ3) is 6.78. The Morgan fingerprint density at radius 1 is 1.00 bits per heavy atom. The molecule has 1 aliphatic heterocycles. The average molecular weight is 446 g/mol. The fourth-order valence-electron chi connectivity index (χ4n) is 3.30. The number of piperazine rings is 1. The molecule has 0 radical (unpaired) electrons. The Hall–Kier alpha value is -2.42. The second-order valence-electron chi connectivity index (χ2n) is 7.89. The molecule has 2 aromatic rings. The van der Waals surface area contributed by atoms with E-state index < -0.39 is 10.0 Å². The molecule has 0 aliphatic carbocycles. The van der Waals surface area contributed by atoms with E-state index >= 15 is 0 Å². The summed E-state index contributed by atoms with van der Waals surface area (Å²) < 4.78 is 32.7. The maximum Gasteiger partial charge on any atom is 0.243 e. The van der Waals surface area contributed by atoms with Crippen LogP contribution in [0.3, 0.4) is 0 Å². The van der Waals surface area contributed by atoms with Gasteiger partial charge in [-0.25, -0.2) is 8.42 Å². The van der Waals surface area contributed by atoms with Gasteiger partial charge in [0.2, 0.25) is 15.9 Å². The highest BCUT2D eigenvalue weighted by atomic mass is 32.2. The van der Waals surface area contributed by atoms with Gasteiger partial charge in [0.1, 0.15) is 5.75 Å². The van der Waals surface area contributed by atoms with Gasteiger partial charge in [-0.15, -0.1) is 0 Å². The number of sulfonamides is 1. The SMILES string of the molecule is Cc1ccc(OCCCC(=O)NCc2ccc(S(=O)(=O)N3CCN(C)CC3)cc2)cc1. The smallest absolute Gasteiger partial charge is 0.243 e. The number of aryl methyl sites for hydroxylation is 1. The van der Waals surface area contributed by atoms with E-state index in [-0.39, 0.29) is 5.91 Å². The van der Waals surface area contributed by atoms with Crippen LogP contribution in [0, 0.1) is 6.92 Å². The minimum absolute atomic E-state index is 0.0540. The molecule has 0 bridgehead atoms. The normalized spacial score (nSPS) is 15.5. The van der Waals surface area contributed by atoms with E-state index in [0.29, 0.717) is 44.0 Å². The van der Waals surface area contributed by atoms with Gasteiger partial charge in [-0.2, -0.15) is 4.31 Å². The predicted octanol–water partition coefficient (Wildman–Crippen LogP) is 2.41. The molecule has 0 unspecified atom stereocenters. The van der Waals surface area contributed by atoms with Crippen molar-refractivity contribution < 1.29 is 17.9 Å². The van der Waals surface area contributed by atoms with Crippen molar-refractivity contribution >= 4 is 15.9 Å². The number of benzene rings is 2. The summed E-state index contributed by atoms with van der Waals surface area (Å²) in [5.74, 6) is 0.749. The van der Waals surface area contributed by atoms with Gasteiger partial charge in [0, 0.05) is 39.1 Å². The molecule has 168 valence electrons. The Labute approximate surface area is 185 Å². The van der Waals surface area contributed by atoms with Crippen molar-refractivity contribution in [3.8, 4) is 5.75 Å². The fourth-order valence-corrected chi connectivity index (χ4v) is 4.73. The molecular weight excluding hydrogens is 414 g/mol. The van der Waals surface area contributed by atoms with Crippen molar-refractivity contribution in [2.45, 2.75) is 31.2 Å². The molecule has 1 N–H and O–H groups in total. The molecule has 1 heterocycles. The maximum atomic E-state index is 12.8. The highest BCUT2D eigenvalue weighted by Crippen LogP contribution is 2.18. The third-order valence-corrected chi connectivity index (χ3v) is 7.26. The van der Waals surface area contributed by atoms with Crippen LogP contribution in [-0.2, 0) is 21.4 Å². The van der Waals surface area contributed by atoms with E-state index in [9.17, 15) is 13.2 Å². The van der Waals surface area contributed by atoms with Crippen molar-refractivity contribution in [2.75, 3.05) is 39.8 Å². The monoisotopic (exact) mass is 445 g/mol. The summed E-state index contributed by atoms with van der Waals surface area (Å²) >= 11 is 0. The zero-order valence-electron chi connectivity index (χ0n) is 18.2. The van der Waals surface area contributed by atoms with Crippen LogP contribution in [-0.4, -0.2) is 63.4 Å². The molecule has 2 aromatic carbocycles. The summed E-state index contributed by atoms with van der Waals surface area (Å²) in [5.41, 5.74) is 2.04. The summed E-state index contributed by atoms with van der Waals surface area (Å²) in [4.78, 5) is 14.5. The van der Waals surface area contributed by atoms with Gasteiger partial charge in [0.15, 0.2) is 0 Å². The number of rotatable bonds is 9. The molecule has 7 nitrogen and oxygen atoms in total. The number of carbonyl (C=O) groups excluding carboxylic acids is 1. The number of carbonyl (C=O) groups is 1. The maximum absolute atomic E-state index is 12.8. The number of likely N-dealkylation sites (N-methyl/N-ethyl adjacent to an activating group) is 1. The summed E-state index contributed by atoms with van der Waals surface area (Å²) in [6.07, 6.45) is 1.00. The quantitative estimate of drug-likeness (QED) is 0.600. The highest BCUT2D eigenvalue weighted by molar-refractivity contribution is 7.89.